The molecule has 0 rings (SSSR count). The number of hydrogen-bond acceptors (Lipinski definition) is 3. The molecule has 0 saturated carbocycles. The molecule has 0 aromatic carbocycles. The van der Waals surface area contributed by atoms with Crippen LogP contribution < -0.4 is 16.8 Å². The monoisotopic (exact) mass is 309 g/mol. The molecule has 0 radical (unpaired) electrons. The summed E-state index contributed by atoms with van der Waals surface area (Å²) in [5, 5.41) is 2.04. The minimum absolute atomic E-state index is 0.375. The van der Waals surface area contributed by atoms with Gasteiger partial charge in [0.2, 0.25) is 5.91 Å². The van der Waals surface area contributed by atoms with Gasteiger partial charge in [-0.3, -0.25) is 10.1 Å². The summed E-state index contributed by atoms with van der Waals surface area (Å²) in [4.78, 5) is 21.6. The summed E-state index contributed by atoms with van der Waals surface area (Å²) < 4.78 is -0.665. The number of rotatable bonds is 5. The molecule has 102 valence electrons. The first kappa shape index (κ1) is 18.7. The van der Waals surface area contributed by atoms with Gasteiger partial charge in [-0.1, -0.05) is 43.1 Å². The molecule has 0 fully saturated rings. The Morgan fingerprint density at radius 1 is 1.24 bits per heavy atom. The van der Waals surface area contributed by atoms with E-state index < -0.39 is 10.4 Å². The van der Waals surface area contributed by atoms with Crippen molar-refractivity contribution in [3.05, 3.63) is 0 Å². The lowest BCUT2D eigenvalue weighted by Gasteiger charge is -2.21. The third-order valence-electron chi connectivity index (χ3n) is 2.32. The molecule has 0 saturated heterocycles. The predicted molar refractivity (Wildman–Crippen MR) is 73.9 cm³/mol. The van der Waals surface area contributed by atoms with Crippen molar-refractivity contribution in [2.24, 2.45) is 11.5 Å². The van der Waals surface area contributed by atoms with Gasteiger partial charge in [-0.25, -0.2) is 4.79 Å². The zero-order valence-corrected chi connectivity index (χ0v) is 12.5. The lowest BCUT2D eigenvalue weighted by atomic mass is 10.0. The number of halogens is 1. The molecule has 5 nitrogen and oxygen atoms in total. The van der Waals surface area contributed by atoms with Gasteiger partial charge in [0.05, 0.1) is 0 Å². The van der Waals surface area contributed by atoms with Crippen molar-refractivity contribution in [1.82, 2.24) is 5.32 Å². The Hall–Kier alpha value is -0.620. The highest BCUT2D eigenvalue weighted by molar-refractivity contribution is 9.10. The lowest BCUT2D eigenvalue weighted by Crippen LogP contribution is -2.46. The predicted octanol–water partition coefficient (Wildman–Crippen LogP) is 1.88. The molecule has 5 N–H and O–H groups in total. The normalized spacial score (nSPS) is 10.2. The molecular formula is C11H24BrN3O2. The second-order valence-corrected chi connectivity index (χ2v) is 5.15. The Bertz CT molecular complexity index is 229. The van der Waals surface area contributed by atoms with E-state index in [9.17, 15) is 9.59 Å². The molecule has 0 aromatic heterocycles. The zero-order valence-electron chi connectivity index (χ0n) is 10.9. The number of nitrogens with one attached hydrogen (secondary N) is 1. The van der Waals surface area contributed by atoms with E-state index >= 15 is 0 Å². The second-order valence-electron chi connectivity index (χ2n) is 3.63. The zero-order chi connectivity index (χ0) is 13.9. The van der Waals surface area contributed by atoms with Crippen LogP contribution in [0, 0.1) is 0 Å². The van der Waals surface area contributed by atoms with E-state index in [0.29, 0.717) is 12.8 Å². The molecule has 0 aliphatic heterocycles. The fraction of sp³-hybridized carbons (Fsp3) is 0.818. The first-order valence-electron chi connectivity index (χ1n) is 5.87. The molecule has 0 unspecified atom stereocenters. The summed E-state index contributed by atoms with van der Waals surface area (Å²) in [7, 11) is 0. The van der Waals surface area contributed by atoms with E-state index in [1.54, 1.807) is 0 Å². The van der Waals surface area contributed by atoms with Gasteiger partial charge < -0.3 is 11.5 Å². The summed E-state index contributed by atoms with van der Waals surface area (Å²) in [6, 6.07) is -0.814. The quantitative estimate of drug-likeness (QED) is 0.676. The van der Waals surface area contributed by atoms with E-state index in [1.165, 1.54) is 12.8 Å². The summed E-state index contributed by atoms with van der Waals surface area (Å²) in [5.41, 5.74) is 9.95. The fourth-order valence-electron chi connectivity index (χ4n) is 0.999. The van der Waals surface area contributed by atoms with Crippen molar-refractivity contribution in [3.63, 3.8) is 0 Å². The molecule has 6 heteroatoms. The Balaban J connectivity index is 0. The largest absolute Gasteiger partial charge is 0.351 e. The summed E-state index contributed by atoms with van der Waals surface area (Å²) in [6.45, 7) is 6.70. The fourth-order valence-corrected chi connectivity index (χ4v) is 1.10. The number of urea groups is 1. The maximum Gasteiger partial charge on any atom is 0.318 e. The van der Waals surface area contributed by atoms with Gasteiger partial charge in [-0.2, -0.15) is 0 Å². The molecule has 0 bridgehead atoms. The van der Waals surface area contributed by atoms with Gasteiger partial charge in [0, 0.05) is 0 Å². The average molecular weight is 310 g/mol. The van der Waals surface area contributed by atoms with Gasteiger partial charge in [0.1, 0.15) is 4.32 Å². The minimum atomic E-state index is -0.814. The average Bonchev–Trinajstić information content (AvgIpc) is 2.29. The molecule has 0 aliphatic carbocycles. The van der Waals surface area contributed by atoms with Crippen molar-refractivity contribution in [1.29, 1.82) is 0 Å². The number of alkyl halides is 1. The van der Waals surface area contributed by atoms with Gasteiger partial charge in [-0.05, 0) is 25.8 Å². The maximum absolute atomic E-state index is 11.3. The smallest absolute Gasteiger partial charge is 0.318 e. The Kier molecular flexibility index (Phi) is 11.6. The van der Waals surface area contributed by atoms with Crippen LogP contribution in [0.15, 0.2) is 0 Å². The number of unbranched alkanes of at least 4 members (excludes halogenated alkanes) is 1. The van der Waals surface area contributed by atoms with Crippen LogP contribution in [0.2, 0.25) is 0 Å². The van der Waals surface area contributed by atoms with Crippen molar-refractivity contribution in [2.45, 2.75) is 50.8 Å². The highest BCUT2D eigenvalue weighted by Crippen LogP contribution is 2.26. The number of imide groups is 1. The number of carbonyl (C=O) groups excluding carboxylic acids is 2. The van der Waals surface area contributed by atoms with Crippen molar-refractivity contribution in [2.75, 3.05) is 6.54 Å². The van der Waals surface area contributed by atoms with Gasteiger partial charge in [0.15, 0.2) is 0 Å². The van der Waals surface area contributed by atoms with E-state index in [4.69, 9.17) is 11.5 Å². The highest BCUT2D eigenvalue weighted by Gasteiger charge is 2.32. The molecule has 17 heavy (non-hydrogen) atoms. The summed E-state index contributed by atoms with van der Waals surface area (Å²) in [6.07, 6.45) is 3.61. The third kappa shape index (κ3) is 9.12. The second kappa shape index (κ2) is 10.5. The van der Waals surface area contributed by atoms with Crippen molar-refractivity contribution in [3.8, 4) is 0 Å². The van der Waals surface area contributed by atoms with Crippen LogP contribution in [-0.2, 0) is 4.79 Å². The van der Waals surface area contributed by atoms with E-state index in [2.05, 4.69) is 22.9 Å². The van der Waals surface area contributed by atoms with Crippen molar-refractivity contribution >= 4 is 27.9 Å². The maximum atomic E-state index is 11.3. The Morgan fingerprint density at radius 3 is 1.88 bits per heavy atom. The van der Waals surface area contributed by atoms with Crippen LogP contribution >= 0.6 is 15.9 Å². The molecule has 0 spiro atoms. The number of primary amides is 1. The molecule has 0 aliphatic rings. The van der Waals surface area contributed by atoms with Gasteiger partial charge >= 0.3 is 6.03 Å². The molecule has 3 amide bonds. The van der Waals surface area contributed by atoms with Crippen LogP contribution in [0.4, 0.5) is 4.79 Å². The topological polar surface area (TPSA) is 98.2 Å². The standard InChI is InChI=1S/C7H13BrN2O2.C4H11N/c1-3-7(8,4-2)5(11)10-6(9)12;1-2-3-4-5/h3-4H2,1-2H3,(H3,9,10,11,12);2-5H2,1H3. The minimum Gasteiger partial charge on any atom is -0.351 e. The van der Waals surface area contributed by atoms with Gasteiger partial charge in [0.25, 0.3) is 0 Å². The van der Waals surface area contributed by atoms with Crippen LogP contribution in [0.3, 0.4) is 0 Å². The lowest BCUT2D eigenvalue weighted by molar-refractivity contribution is -0.122. The highest BCUT2D eigenvalue weighted by atomic mass is 79.9. The van der Waals surface area contributed by atoms with Crippen LogP contribution in [-0.4, -0.2) is 22.8 Å². The number of nitrogens with two attached hydrogens (primary N) is 2. The molecule has 0 atom stereocenters. The van der Waals surface area contributed by atoms with Crippen LogP contribution in [0.25, 0.3) is 0 Å². The SMILES string of the molecule is CCC(Br)(CC)C(=O)NC(N)=O.CCCCN. The van der Waals surface area contributed by atoms with E-state index in [0.717, 1.165) is 6.54 Å². The molecule has 0 heterocycles. The molecule has 0 aromatic rings. The van der Waals surface area contributed by atoms with Gasteiger partial charge in [-0.15, -0.1) is 0 Å². The van der Waals surface area contributed by atoms with Crippen LogP contribution in [0.5, 0.6) is 0 Å². The summed E-state index contributed by atoms with van der Waals surface area (Å²) in [5.74, 6) is -0.375. The first-order chi connectivity index (χ1) is 7.87. The number of carbonyl (C=O) groups is 2. The first-order valence-corrected chi connectivity index (χ1v) is 6.67. The number of hydrogen-bond donors (Lipinski definition) is 3. The van der Waals surface area contributed by atoms with E-state index in [-0.39, 0.29) is 5.91 Å². The molecular weight excluding hydrogens is 286 g/mol. The van der Waals surface area contributed by atoms with Crippen LogP contribution in [0.1, 0.15) is 46.5 Å². The Labute approximate surface area is 112 Å². The summed E-state index contributed by atoms with van der Waals surface area (Å²) >= 11 is 3.26. The third-order valence-corrected chi connectivity index (χ3v) is 3.80. The van der Waals surface area contributed by atoms with Crippen molar-refractivity contribution < 1.29 is 9.59 Å². The Morgan fingerprint density at radius 2 is 1.71 bits per heavy atom. The van der Waals surface area contributed by atoms with E-state index in [1.807, 2.05) is 19.2 Å². The number of amides is 3.